The van der Waals surface area contributed by atoms with Crippen molar-refractivity contribution >= 4 is 17.1 Å². The van der Waals surface area contributed by atoms with Gasteiger partial charge in [0.15, 0.2) is 0 Å². The average Bonchev–Trinajstić information content (AvgIpc) is 2.69. The second kappa shape index (κ2) is 7.16. The van der Waals surface area contributed by atoms with Gasteiger partial charge < -0.3 is 11.1 Å². The second-order valence-electron chi connectivity index (χ2n) is 6.21. The predicted octanol–water partition coefficient (Wildman–Crippen LogP) is 6.35. The number of nitrogens with two attached hydrogens (primary N) is 1. The second-order valence-corrected chi connectivity index (χ2v) is 6.21. The van der Waals surface area contributed by atoms with Crippen LogP contribution in [0, 0.1) is 0 Å². The van der Waals surface area contributed by atoms with E-state index in [1.165, 1.54) is 11.1 Å². The highest BCUT2D eigenvalue weighted by atomic mass is 14.9. The highest BCUT2D eigenvalue weighted by molar-refractivity contribution is 5.90. The Kier molecular flexibility index (Phi) is 4.40. The SMILES string of the molecule is Nc1cccc(-c2ccccc2-c2ccccc2Nc2ccccc2)c1. The molecule has 0 aliphatic carbocycles. The van der Waals surface area contributed by atoms with Crippen molar-refractivity contribution in [3.8, 4) is 22.3 Å². The van der Waals surface area contributed by atoms with Crippen LogP contribution in [0.4, 0.5) is 17.1 Å². The van der Waals surface area contributed by atoms with Crippen molar-refractivity contribution in [2.24, 2.45) is 0 Å². The van der Waals surface area contributed by atoms with E-state index < -0.39 is 0 Å². The summed E-state index contributed by atoms with van der Waals surface area (Å²) in [5.41, 5.74) is 13.6. The van der Waals surface area contributed by atoms with E-state index in [-0.39, 0.29) is 0 Å². The molecule has 3 N–H and O–H groups in total. The molecule has 0 spiro atoms. The first kappa shape index (κ1) is 16.0. The highest BCUT2D eigenvalue weighted by Crippen LogP contribution is 2.37. The van der Waals surface area contributed by atoms with Gasteiger partial charge in [-0.3, -0.25) is 0 Å². The maximum absolute atomic E-state index is 6.00. The molecule has 0 aliphatic rings. The Morgan fingerprint density at radius 3 is 1.96 bits per heavy atom. The third kappa shape index (κ3) is 3.31. The van der Waals surface area contributed by atoms with E-state index >= 15 is 0 Å². The molecule has 2 nitrogen and oxygen atoms in total. The van der Waals surface area contributed by atoms with E-state index in [0.29, 0.717) is 0 Å². The number of anilines is 3. The molecule has 0 saturated carbocycles. The van der Waals surface area contributed by atoms with E-state index in [2.05, 4.69) is 72.0 Å². The molecule has 0 fully saturated rings. The molecule has 0 saturated heterocycles. The third-order valence-corrected chi connectivity index (χ3v) is 4.39. The molecule has 126 valence electrons. The zero-order valence-corrected chi connectivity index (χ0v) is 14.4. The predicted molar refractivity (Wildman–Crippen MR) is 111 cm³/mol. The van der Waals surface area contributed by atoms with E-state index in [9.17, 15) is 0 Å². The van der Waals surface area contributed by atoms with Crippen molar-refractivity contribution in [1.82, 2.24) is 0 Å². The summed E-state index contributed by atoms with van der Waals surface area (Å²) in [6.07, 6.45) is 0. The van der Waals surface area contributed by atoms with Crippen molar-refractivity contribution in [2.45, 2.75) is 0 Å². The summed E-state index contributed by atoms with van der Waals surface area (Å²) >= 11 is 0. The van der Waals surface area contributed by atoms with Crippen LogP contribution < -0.4 is 11.1 Å². The molecular formula is C24H20N2. The van der Waals surface area contributed by atoms with Gasteiger partial charge in [0.2, 0.25) is 0 Å². The summed E-state index contributed by atoms with van der Waals surface area (Å²) in [5, 5.41) is 3.54. The van der Waals surface area contributed by atoms with Crippen molar-refractivity contribution in [3.63, 3.8) is 0 Å². The van der Waals surface area contributed by atoms with Crippen LogP contribution in [0.15, 0.2) is 103 Å². The Balaban J connectivity index is 1.82. The number of nitrogens with one attached hydrogen (secondary N) is 1. The molecule has 0 amide bonds. The first-order chi connectivity index (χ1) is 12.8. The first-order valence-electron chi connectivity index (χ1n) is 8.68. The van der Waals surface area contributed by atoms with E-state index in [1.54, 1.807) is 0 Å². The Morgan fingerprint density at radius 2 is 1.19 bits per heavy atom. The fraction of sp³-hybridized carbons (Fsp3) is 0. The molecule has 2 heteroatoms. The van der Waals surface area contributed by atoms with Crippen LogP contribution in [-0.2, 0) is 0 Å². The quantitative estimate of drug-likeness (QED) is 0.426. The number of hydrogen-bond acceptors (Lipinski definition) is 2. The summed E-state index contributed by atoms with van der Waals surface area (Å²) in [6, 6.07) is 35.1. The molecule has 0 unspecified atom stereocenters. The number of rotatable bonds is 4. The lowest BCUT2D eigenvalue weighted by Gasteiger charge is -2.16. The number of benzene rings is 4. The van der Waals surface area contributed by atoms with Gasteiger partial charge in [0.1, 0.15) is 0 Å². The van der Waals surface area contributed by atoms with Crippen LogP contribution in [0.25, 0.3) is 22.3 Å². The summed E-state index contributed by atoms with van der Waals surface area (Å²) < 4.78 is 0. The third-order valence-electron chi connectivity index (χ3n) is 4.39. The summed E-state index contributed by atoms with van der Waals surface area (Å²) in [4.78, 5) is 0. The molecule has 0 radical (unpaired) electrons. The van der Waals surface area contributed by atoms with Gasteiger partial charge in [-0.25, -0.2) is 0 Å². The van der Waals surface area contributed by atoms with Gasteiger partial charge in [-0.1, -0.05) is 72.8 Å². The number of hydrogen-bond donors (Lipinski definition) is 2. The van der Waals surface area contributed by atoms with Crippen molar-refractivity contribution in [3.05, 3.63) is 103 Å². The zero-order chi connectivity index (χ0) is 17.8. The van der Waals surface area contributed by atoms with Gasteiger partial charge >= 0.3 is 0 Å². The van der Waals surface area contributed by atoms with Crippen LogP contribution in [0.2, 0.25) is 0 Å². The Labute approximate surface area is 153 Å². The fourth-order valence-electron chi connectivity index (χ4n) is 3.18. The maximum atomic E-state index is 6.00. The van der Waals surface area contributed by atoms with Gasteiger partial charge in [0.25, 0.3) is 0 Å². The molecule has 0 heterocycles. The lowest BCUT2D eigenvalue weighted by Crippen LogP contribution is -1.94. The molecule has 4 aromatic carbocycles. The highest BCUT2D eigenvalue weighted by Gasteiger charge is 2.11. The zero-order valence-electron chi connectivity index (χ0n) is 14.4. The summed E-state index contributed by atoms with van der Waals surface area (Å²) in [6.45, 7) is 0. The Morgan fingerprint density at radius 1 is 0.538 bits per heavy atom. The number of para-hydroxylation sites is 2. The molecule has 4 aromatic rings. The molecular weight excluding hydrogens is 316 g/mol. The first-order valence-corrected chi connectivity index (χ1v) is 8.68. The minimum Gasteiger partial charge on any atom is -0.399 e. The summed E-state index contributed by atoms with van der Waals surface area (Å²) in [7, 11) is 0. The van der Waals surface area contributed by atoms with Crippen LogP contribution in [0.5, 0.6) is 0 Å². The van der Waals surface area contributed by atoms with Crippen molar-refractivity contribution in [2.75, 3.05) is 11.1 Å². The molecule has 0 atom stereocenters. The normalized spacial score (nSPS) is 10.5. The molecule has 0 aliphatic heterocycles. The molecule has 26 heavy (non-hydrogen) atoms. The smallest absolute Gasteiger partial charge is 0.0464 e. The van der Waals surface area contributed by atoms with E-state index in [1.807, 2.05) is 36.4 Å². The number of nitrogen functional groups attached to an aromatic ring is 1. The fourth-order valence-corrected chi connectivity index (χ4v) is 3.18. The molecule has 4 rings (SSSR count). The monoisotopic (exact) mass is 336 g/mol. The minimum absolute atomic E-state index is 0.771. The maximum Gasteiger partial charge on any atom is 0.0464 e. The summed E-state index contributed by atoms with van der Waals surface area (Å²) in [5.74, 6) is 0. The van der Waals surface area contributed by atoms with Crippen molar-refractivity contribution in [1.29, 1.82) is 0 Å². The van der Waals surface area contributed by atoms with E-state index in [4.69, 9.17) is 5.73 Å². The molecule has 0 bridgehead atoms. The lowest BCUT2D eigenvalue weighted by atomic mass is 9.93. The Bertz CT molecular complexity index is 1020. The van der Waals surface area contributed by atoms with Crippen LogP contribution in [0.3, 0.4) is 0 Å². The van der Waals surface area contributed by atoms with Gasteiger partial charge in [0, 0.05) is 22.6 Å². The van der Waals surface area contributed by atoms with E-state index in [0.717, 1.165) is 28.2 Å². The van der Waals surface area contributed by atoms with Crippen LogP contribution in [-0.4, -0.2) is 0 Å². The molecule has 0 aromatic heterocycles. The topological polar surface area (TPSA) is 38.0 Å². The van der Waals surface area contributed by atoms with Crippen LogP contribution >= 0.6 is 0 Å². The standard InChI is InChI=1S/C24H20N2/c25-19-10-8-9-18(17-19)21-13-4-5-14-22(21)23-15-6-7-16-24(23)26-20-11-2-1-3-12-20/h1-17,26H,25H2. The van der Waals surface area contributed by atoms with Crippen LogP contribution in [0.1, 0.15) is 0 Å². The van der Waals surface area contributed by atoms with Gasteiger partial charge in [-0.15, -0.1) is 0 Å². The van der Waals surface area contributed by atoms with Crippen molar-refractivity contribution < 1.29 is 0 Å². The average molecular weight is 336 g/mol. The Hall–Kier alpha value is -3.52. The minimum atomic E-state index is 0.771. The van der Waals surface area contributed by atoms with Gasteiger partial charge in [-0.2, -0.15) is 0 Å². The van der Waals surface area contributed by atoms with Gasteiger partial charge in [-0.05, 0) is 47.0 Å². The largest absolute Gasteiger partial charge is 0.399 e. The van der Waals surface area contributed by atoms with Gasteiger partial charge in [0.05, 0.1) is 0 Å². The lowest BCUT2D eigenvalue weighted by molar-refractivity contribution is 1.52.